The molecule has 0 spiro atoms. The molecule has 0 aliphatic rings. The topological polar surface area (TPSA) is 90.9 Å². The minimum Gasteiger partial charge on any atom is -0.469 e. The molecule has 25 heavy (non-hydrogen) atoms. The van der Waals surface area contributed by atoms with Gasteiger partial charge in [-0.2, -0.15) is 0 Å². The highest BCUT2D eigenvalue weighted by molar-refractivity contribution is 6.74. The summed E-state index contributed by atoms with van der Waals surface area (Å²) in [6, 6.07) is -0.969. The summed E-state index contributed by atoms with van der Waals surface area (Å²) >= 11 is 0. The van der Waals surface area contributed by atoms with E-state index in [1.54, 1.807) is 20.8 Å². The van der Waals surface area contributed by atoms with Crippen LogP contribution in [0.3, 0.4) is 0 Å². The van der Waals surface area contributed by atoms with Gasteiger partial charge in [0, 0.05) is 0 Å². The van der Waals surface area contributed by atoms with Gasteiger partial charge in [-0.3, -0.25) is 9.59 Å². The van der Waals surface area contributed by atoms with Gasteiger partial charge in [0.25, 0.3) is 0 Å². The van der Waals surface area contributed by atoms with Crippen LogP contribution in [-0.4, -0.2) is 51.5 Å². The van der Waals surface area contributed by atoms with Crippen LogP contribution in [-0.2, 0) is 23.5 Å². The lowest BCUT2D eigenvalue weighted by Crippen LogP contribution is -2.50. The second kappa shape index (κ2) is 8.80. The van der Waals surface area contributed by atoms with Gasteiger partial charge in [-0.25, -0.2) is 4.79 Å². The Morgan fingerprint density at radius 1 is 1.04 bits per heavy atom. The van der Waals surface area contributed by atoms with E-state index in [-0.39, 0.29) is 11.6 Å². The maximum absolute atomic E-state index is 12.3. The number of rotatable bonds is 7. The Kier molecular flexibility index (Phi) is 8.30. The summed E-state index contributed by atoms with van der Waals surface area (Å²) < 4.78 is 15.7. The van der Waals surface area contributed by atoms with Gasteiger partial charge in [0.05, 0.1) is 13.7 Å². The Bertz CT molecular complexity index is 490. The van der Waals surface area contributed by atoms with Crippen molar-refractivity contribution in [2.45, 2.75) is 77.7 Å². The maximum Gasteiger partial charge on any atom is 0.408 e. The van der Waals surface area contributed by atoms with Gasteiger partial charge in [-0.1, -0.05) is 20.8 Å². The van der Waals surface area contributed by atoms with Crippen LogP contribution in [0.25, 0.3) is 0 Å². The Labute approximate surface area is 151 Å². The van der Waals surface area contributed by atoms with E-state index in [2.05, 4.69) is 30.8 Å². The van der Waals surface area contributed by atoms with Crippen LogP contribution in [0.15, 0.2) is 0 Å². The standard InChI is InChI=1S/C17H33NO6Si/c1-16(2,3)24-15(21)18-12(13(19)10-14(20)22-7)11-23-25(8,9)17(4,5)6/h12H,10-11H2,1-9H3,(H,18,21)/t12-/m0/s1. The van der Waals surface area contributed by atoms with Crippen molar-refractivity contribution in [1.82, 2.24) is 5.32 Å². The first-order valence-corrected chi connectivity index (χ1v) is 11.2. The van der Waals surface area contributed by atoms with Gasteiger partial charge in [-0.15, -0.1) is 0 Å². The van der Waals surface area contributed by atoms with Crippen molar-refractivity contribution in [2.24, 2.45) is 0 Å². The Hall–Kier alpha value is -1.41. The lowest BCUT2D eigenvalue weighted by molar-refractivity contribution is -0.144. The van der Waals surface area contributed by atoms with Gasteiger partial charge in [0.15, 0.2) is 14.1 Å². The third-order valence-corrected chi connectivity index (χ3v) is 8.54. The van der Waals surface area contributed by atoms with Gasteiger partial charge in [0.2, 0.25) is 0 Å². The molecular weight excluding hydrogens is 342 g/mol. The number of nitrogens with one attached hydrogen (secondary N) is 1. The molecule has 0 aromatic heterocycles. The molecule has 146 valence electrons. The van der Waals surface area contributed by atoms with E-state index in [4.69, 9.17) is 9.16 Å². The Balaban J connectivity index is 5.11. The predicted octanol–water partition coefficient (Wildman–Crippen LogP) is 3.03. The molecule has 1 amide bonds. The van der Waals surface area contributed by atoms with Gasteiger partial charge < -0.3 is 19.2 Å². The molecule has 0 aliphatic carbocycles. The van der Waals surface area contributed by atoms with Crippen molar-refractivity contribution in [3.8, 4) is 0 Å². The number of amides is 1. The number of carbonyl (C=O) groups is 3. The third-order valence-electron chi connectivity index (χ3n) is 4.04. The van der Waals surface area contributed by atoms with Crippen molar-refractivity contribution in [3.63, 3.8) is 0 Å². The molecule has 7 nitrogen and oxygen atoms in total. The average Bonchev–Trinajstić information content (AvgIpc) is 2.39. The second-order valence-corrected chi connectivity index (χ2v) is 13.3. The van der Waals surface area contributed by atoms with Gasteiger partial charge in [0.1, 0.15) is 18.1 Å². The third kappa shape index (κ3) is 9.01. The number of hydrogen-bond acceptors (Lipinski definition) is 6. The first-order chi connectivity index (χ1) is 11.1. The molecule has 0 rings (SSSR count). The van der Waals surface area contributed by atoms with E-state index < -0.39 is 44.2 Å². The maximum atomic E-state index is 12.3. The zero-order valence-electron chi connectivity index (χ0n) is 16.9. The number of carbonyl (C=O) groups excluding carboxylic acids is 3. The number of ketones is 1. The number of ether oxygens (including phenoxy) is 2. The average molecular weight is 376 g/mol. The fraction of sp³-hybridized carbons (Fsp3) is 0.824. The molecule has 0 fully saturated rings. The molecule has 1 N–H and O–H groups in total. The van der Waals surface area contributed by atoms with Crippen LogP contribution >= 0.6 is 0 Å². The SMILES string of the molecule is COC(=O)CC(=O)[C@H](CO[Si](C)(C)C(C)(C)C)NC(=O)OC(C)(C)C. The Morgan fingerprint density at radius 3 is 1.96 bits per heavy atom. The monoisotopic (exact) mass is 375 g/mol. The summed E-state index contributed by atoms with van der Waals surface area (Å²) in [7, 11) is -0.914. The molecule has 0 bridgehead atoms. The molecular formula is C17H33NO6Si. The van der Waals surface area contributed by atoms with Crippen LogP contribution in [0.1, 0.15) is 48.0 Å². The van der Waals surface area contributed by atoms with E-state index in [0.717, 1.165) is 0 Å². The normalized spacial score (nSPS) is 13.8. The molecule has 0 heterocycles. The summed E-state index contributed by atoms with van der Waals surface area (Å²) in [5.41, 5.74) is -0.694. The number of Topliss-reactive ketones (excluding diaryl/α,β-unsaturated/α-hetero) is 1. The minimum atomic E-state index is -2.12. The Morgan fingerprint density at radius 2 is 1.56 bits per heavy atom. The lowest BCUT2D eigenvalue weighted by Gasteiger charge is -2.37. The summed E-state index contributed by atoms with van der Waals surface area (Å²) in [5.74, 6) is -1.13. The highest BCUT2D eigenvalue weighted by Crippen LogP contribution is 2.36. The van der Waals surface area contributed by atoms with Crippen LogP contribution in [0.5, 0.6) is 0 Å². The number of hydrogen-bond donors (Lipinski definition) is 1. The second-order valence-electron chi connectivity index (χ2n) is 8.49. The number of esters is 1. The summed E-state index contributed by atoms with van der Waals surface area (Å²) in [6.07, 6.45) is -1.16. The van der Waals surface area contributed by atoms with E-state index in [9.17, 15) is 14.4 Å². The zero-order valence-corrected chi connectivity index (χ0v) is 17.9. The molecule has 0 saturated heterocycles. The molecule has 0 saturated carbocycles. The lowest BCUT2D eigenvalue weighted by atomic mass is 10.1. The van der Waals surface area contributed by atoms with Crippen LogP contribution in [0.2, 0.25) is 18.1 Å². The first kappa shape index (κ1) is 23.6. The van der Waals surface area contributed by atoms with Crippen molar-refractivity contribution in [3.05, 3.63) is 0 Å². The molecule has 0 aliphatic heterocycles. The van der Waals surface area contributed by atoms with Crippen molar-refractivity contribution in [2.75, 3.05) is 13.7 Å². The summed E-state index contributed by atoms with van der Waals surface area (Å²) in [4.78, 5) is 35.7. The van der Waals surface area contributed by atoms with Crippen molar-refractivity contribution >= 4 is 26.2 Å². The smallest absolute Gasteiger partial charge is 0.408 e. The van der Waals surface area contributed by atoms with Crippen molar-refractivity contribution in [1.29, 1.82) is 0 Å². The van der Waals surface area contributed by atoms with Crippen LogP contribution in [0, 0.1) is 0 Å². The molecule has 0 radical (unpaired) electrons. The molecule has 8 heteroatoms. The highest BCUT2D eigenvalue weighted by Gasteiger charge is 2.38. The van der Waals surface area contributed by atoms with Crippen LogP contribution in [0.4, 0.5) is 4.79 Å². The zero-order chi connectivity index (χ0) is 20.1. The van der Waals surface area contributed by atoms with Crippen LogP contribution < -0.4 is 5.32 Å². The van der Waals surface area contributed by atoms with Gasteiger partial charge >= 0.3 is 12.1 Å². The van der Waals surface area contributed by atoms with Crippen molar-refractivity contribution < 1.29 is 28.3 Å². The quantitative estimate of drug-likeness (QED) is 0.418. The van der Waals surface area contributed by atoms with E-state index in [1.165, 1.54) is 7.11 Å². The van der Waals surface area contributed by atoms with E-state index in [1.807, 2.05) is 13.1 Å². The van der Waals surface area contributed by atoms with E-state index >= 15 is 0 Å². The number of methoxy groups -OCH3 is 1. The summed E-state index contributed by atoms with van der Waals surface area (Å²) in [6.45, 7) is 15.5. The fourth-order valence-corrected chi connectivity index (χ4v) is 2.53. The molecule has 1 atom stereocenters. The van der Waals surface area contributed by atoms with Gasteiger partial charge in [-0.05, 0) is 38.9 Å². The largest absolute Gasteiger partial charge is 0.469 e. The minimum absolute atomic E-state index is 0.00837. The van der Waals surface area contributed by atoms with E-state index in [0.29, 0.717) is 0 Å². The first-order valence-electron chi connectivity index (χ1n) is 8.32. The number of alkyl carbamates (subject to hydrolysis) is 1. The predicted molar refractivity (Wildman–Crippen MR) is 97.9 cm³/mol. The molecule has 0 aromatic carbocycles. The fourth-order valence-electron chi connectivity index (χ4n) is 1.51. The summed E-state index contributed by atoms with van der Waals surface area (Å²) in [5, 5.41) is 2.46. The highest BCUT2D eigenvalue weighted by atomic mass is 28.4. The molecule has 0 aromatic rings. The molecule has 0 unspecified atom stereocenters.